The van der Waals surface area contributed by atoms with Crippen LogP contribution in [0.1, 0.15) is 24.8 Å². The first-order valence-corrected chi connectivity index (χ1v) is 12.0. The number of nitrogens with one attached hydrogen (secondary N) is 3. The van der Waals surface area contributed by atoms with Gasteiger partial charge in [-0.05, 0) is 30.5 Å². The van der Waals surface area contributed by atoms with Crippen LogP contribution in [-0.4, -0.2) is 87.4 Å². The van der Waals surface area contributed by atoms with E-state index in [-0.39, 0.29) is 36.8 Å². The van der Waals surface area contributed by atoms with Crippen LogP contribution in [-0.2, 0) is 30.4 Å². The van der Waals surface area contributed by atoms with Crippen LogP contribution >= 0.6 is 12.6 Å². The monoisotopic (exact) mass is 555 g/mol. The topological polar surface area (TPSA) is 273 Å². The summed E-state index contributed by atoms with van der Waals surface area (Å²) in [5.41, 5.74) is 16.9. The summed E-state index contributed by atoms with van der Waals surface area (Å²) in [6, 6.07) is 0.310. The molecule has 0 saturated carbocycles. The van der Waals surface area contributed by atoms with Crippen molar-refractivity contribution < 1.29 is 39.3 Å². The number of carboxylic acid groups (broad SMARTS) is 2. The van der Waals surface area contributed by atoms with E-state index < -0.39 is 60.2 Å². The van der Waals surface area contributed by atoms with Gasteiger partial charge in [0.25, 0.3) is 0 Å². The Morgan fingerprint density at radius 1 is 0.895 bits per heavy atom. The molecule has 0 radical (unpaired) electrons. The molecule has 0 bridgehead atoms. The molecule has 1 rings (SSSR count). The summed E-state index contributed by atoms with van der Waals surface area (Å²) < 4.78 is 0. The zero-order valence-electron chi connectivity index (χ0n) is 20.4. The third-order valence-electron chi connectivity index (χ3n) is 5.12. The second-order valence-electron chi connectivity index (χ2n) is 8.23. The number of guanidine groups is 1. The quantitative estimate of drug-likeness (QED) is 0.0432. The molecule has 1 aromatic rings. The Kier molecular flexibility index (Phi) is 13.4. The van der Waals surface area contributed by atoms with Gasteiger partial charge in [0.1, 0.15) is 23.9 Å². The number of phenols is 1. The normalized spacial score (nSPS) is 13.7. The minimum Gasteiger partial charge on any atom is -0.508 e. The lowest BCUT2D eigenvalue weighted by molar-refractivity contribution is -0.143. The summed E-state index contributed by atoms with van der Waals surface area (Å²) in [6.07, 6.45) is -0.409. The second-order valence-corrected chi connectivity index (χ2v) is 8.59. The zero-order valence-corrected chi connectivity index (χ0v) is 21.3. The third kappa shape index (κ3) is 11.8. The molecule has 0 saturated heterocycles. The number of rotatable bonds is 16. The molecular formula is C22H33N7O8S. The fourth-order valence-electron chi connectivity index (χ4n) is 3.12. The largest absolute Gasteiger partial charge is 0.508 e. The van der Waals surface area contributed by atoms with E-state index in [4.69, 9.17) is 22.3 Å². The van der Waals surface area contributed by atoms with Crippen LogP contribution in [0.3, 0.4) is 0 Å². The van der Waals surface area contributed by atoms with E-state index in [9.17, 15) is 34.2 Å². The van der Waals surface area contributed by atoms with E-state index in [1.54, 1.807) is 0 Å². The highest BCUT2D eigenvalue weighted by molar-refractivity contribution is 7.80. The van der Waals surface area contributed by atoms with Gasteiger partial charge in [-0.2, -0.15) is 12.6 Å². The van der Waals surface area contributed by atoms with E-state index in [2.05, 4.69) is 33.6 Å². The average molecular weight is 556 g/mol. The number of nitrogens with two attached hydrogens (primary N) is 3. The standard InChI is InChI=1S/C22H33N7O8S/c23-13(2-1-7-26-22(24)25)18(33)27-14(8-11-3-5-12(30)6-4-11)19(34)28-15(9-17(31)32)20(35)29-16(10-38)21(36)37/h3-6,13-16,30,38H,1-2,7-10,23H2,(H,27,33)(H,28,34)(H,29,35)(H,31,32)(H,36,37)(H4,24,25,26). The van der Waals surface area contributed by atoms with Crippen LogP contribution in [0.2, 0.25) is 0 Å². The van der Waals surface area contributed by atoms with Crippen molar-refractivity contribution >= 4 is 48.2 Å². The summed E-state index contributed by atoms with van der Waals surface area (Å²) in [6.45, 7) is 0.232. The van der Waals surface area contributed by atoms with E-state index in [1.165, 1.54) is 24.3 Å². The number of carboxylic acids is 2. The molecule has 0 aliphatic carbocycles. The molecular weight excluding hydrogens is 522 g/mol. The highest BCUT2D eigenvalue weighted by atomic mass is 32.1. The van der Waals surface area contributed by atoms with Gasteiger partial charge in [0.15, 0.2) is 5.96 Å². The number of nitrogens with zero attached hydrogens (tertiary/aromatic N) is 1. The Morgan fingerprint density at radius 3 is 1.97 bits per heavy atom. The molecule has 0 aliphatic heterocycles. The Labute approximate surface area is 223 Å². The van der Waals surface area contributed by atoms with E-state index in [0.29, 0.717) is 12.0 Å². The number of amides is 3. The fraction of sp³-hybridized carbons (Fsp3) is 0.455. The molecule has 1 aromatic carbocycles. The summed E-state index contributed by atoms with van der Waals surface area (Å²) in [4.78, 5) is 64.7. The van der Waals surface area contributed by atoms with Gasteiger partial charge >= 0.3 is 11.9 Å². The molecule has 16 heteroatoms. The number of aromatic hydroxyl groups is 1. The lowest BCUT2D eigenvalue weighted by Gasteiger charge is -2.24. The van der Waals surface area contributed by atoms with Crippen LogP contribution in [0.15, 0.2) is 29.3 Å². The first-order chi connectivity index (χ1) is 17.8. The Morgan fingerprint density at radius 2 is 1.45 bits per heavy atom. The molecule has 0 fully saturated rings. The highest BCUT2D eigenvalue weighted by Gasteiger charge is 2.31. The summed E-state index contributed by atoms with van der Waals surface area (Å²) in [5.74, 6) is -5.95. The molecule has 0 spiro atoms. The number of phenolic OH excluding ortho intramolecular Hbond substituents is 1. The number of carbonyl (C=O) groups is 5. The molecule has 0 aliphatic rings. The van der Waals surface area contributed by atoms with Crippen molar-refractivity contribution in [2.75, 3.05) is 12.3 Å². The van der Waals surface area contributed by atoms with Crippen LogP contribution in [0.25, 0.3) is 0 Å². The number of hydrogen-bond acceptors (Lipinski definition) is 9. The van der Waals surface area contributed by atoms with Crippen molar-refractivity contribution in [2.45, 2.75) is 49.9 Å². The highest BCUT2D eigenvalue weighted by Crippen LogP contribution is 2.12. The number of benzene rings is 1. The SMILES string of the molecule is NC(N)=NCCCC(N)C(=O)NC(Cc1ccc(O)cc1)C(=O)NC(CC(=O)O)C(=O)NC(CS)C(=O)O. The van der Waals surface area contributed by atoms with Gasteiger partial charge in [-0.25, -0.2) is 4.79 Å². The molecule has 12 N–H and O–H groups in total. The first kappa shape index (κ1) is 32.0. The summed E-state index contributed by atoms with van der Waals surface area (Å²) in [5, 5.41) is 34.7. The van der Waals surface area contributed by atoms with Gasteiger partial charge < -0.3 is 48.5 Å². The van der Waals surface area contributed by atoms with Gasteiger partial charge in [-0.3, -0.25) is 24.2 Å². The van der Waals surface area contributed by atoms with Crippen LogP contribution in [0, 0.1) is 0 Å². The Bertz CT molecular complexity index is 1020. The molecule has 15 nitrogen and oxygen atoms in total. The van der Waals surface area contributed by atoms with Crippen molar-refractivity contribution in [3.8, 4) is 5.75 Å². The van der Waals surface area contributed by atoms with Gasteiger partial charge in [0.2, 0.25) is 17.7 Å². The van der Waals surface area contributed by atoms with Crippen LogP contribution in [0.4, 0.5) is 0 Å². The third-order valence-corrected chi connectivity index (χ3v) is 5.49. The van der Waals surface area contributed by atoms with E-state index >= 15 is 0 Å². The molecule has 0 aromatic heterocycles. The number of hydrogen-bond donors (Lipinski definition) is 10. The van der Waals surface area contributed by atoms with Gasteiger partial charge in [0, 0.05) is 18.7 Å². The molecule has 38 heavy (non-hydrogen) atoms. The zero-order chi connectivity index (χ0) is 28.8. The van der Waals surface area contributed by atoms with Gasteiger partial charge in [-0.1, -0.05) is 12.1 Å². The minimum atomic E-state index is -1.66. The van der Waals surface area contributed by atoms with Crippen molar-refractivity contribution in [1.29, 1.82) is 0 Å². The number of aliphatic carboxylic acids is 2. The van der Waals surface area contributed by atoms with Crippen molar-refractivity contribution in [1.82, 2.24) is 16.0 Å². The molecule has 4 atom stereocenters. The summed E-state index contributed by atoms with van der Waals surface area (Å²) in [7, 11) is 0. The molecule has 210 valence electrons. The lowest BCUT2D eigenvalue weighted by atomic mass is 10.0. The Hall–Kier alpha value is -4.05. The first-order valence-electron chi connectivity index (χ1n) is 11.4. The smallest absolute Gasteiger partial charge is 0.327 e. The predicted molar refractivity (Wildman–Crippen MR) is 139 cm³/mol. The average Bonchev–Trinajstić information content (AvgIpc) is 2.84. The van der Waals surface area contributed by atoms with Crippen molar-refractivity contribution in [2.24, 2.45) is 22.2 Å². The minimum absolute atomic E-state index is 0.0306. The van der Waals surface area contributed by atoms with Crippen LogP contribution < -0.4 is 33.2 Å². The van der Waals surface area contributed by atoms with Crippen LogP contribution in [0.5, 0.6) is 5.75 Å². The van der Waals surface area contributed by atoms with Crippen molar-refractivity contribution in [3.05, 3.63) is 29.8 Å². The predicted octanol–water partition coefficient (Wildman–Crippen LogP) is -2.74. The number of carbonyl (C=O) groups excluding carboxylic acids is 3. The van der Waals surface area contributed by atoms with Gasteiger partial charge in [0.05, 0.1) is 12.5 Å². The maximum absolute atomic E-state index is 13.1. The number of aliphatic imine (C=N–C) groups is 1. The molecule has 4 unspecified atom stereocenters. The molecule has 0 heterocycles. The van der Waals surface area contributed by atoms with Gasteiger partial charge in [-0.15, -0.1) is 0 Å². The summed E-state index contributed by atoms with van der Waals surface area (Å²) >= 11 is 3.83. The lowest BCUT2D eigenvalue weighted by Crippen LogP contribution is -2.58. The number of thiol groups is 1. The molecule has 3 amide bonds. The van der Waals surface area contributed by atoms with Crippen molar-refractivity contribution in [3.63, 3.8) is 0 Å². The maximum Gasteiger partial charge on any atom is 0.327 e. The second kappa shape index (κ2) is 15.9. The van der Waals surface area contributed by atoms with E-state index in [0.717, 1.165) is 0 Å². The van der Waals surface area contributed by atoms with E-state index in [1.807, 2.05) is 0 Å². The maximum atomic E-state index is 13.1. The fourth-order valence-corrected chi connectivity index (χ4v) is 3.37. The Balaban J connectivity index is 3.07.